The molecule has 2 aromatic carbocycles. The van der Waals surface area contributed by atoms with E-state index in [1.165, 1.54) is 0 Å². The monoisotopic (exact) mass is 328 g/mol. The maximum absolute atomic E-state index is 12.9. The number of aryl methyl sites for hydroxylation is 1. The Morgan fingerprint density at radius 1 is 1.09 bits per heavy atom. The van der Waals surface area contributed by atoms with Crippen LogP contribution in [0.1, 0.15) is 28.8 Å². The molecule has 0 fully saturated rings. The van der Waals surface area contributed by atoms with Crippen LogP contribution in [0.3, 0.4) is 0 Å². The van der Waals surface area contributed by atoms with Gasteiger partial charge in [-0.3, -0.25) is 4.79 Å². The maximum Gasteiger partial charge on any atom is 0.188 e. The Kier molecular flexibility index (Phi) is 5.50. The van der Waals surface area contributed by atoms with Gasteiger partial charge in [0.05, 0.1) is 4.90 Å². The molecular weight excluding hydrogens is 308 g/mol. The van der Waals surface area contributed by atoms with Crippen molar-refractivity contribution in [3.05, 3.63) is 78.4 Å². The molecule has 2 aromatic rings. The van der Waals surface area contributed by atoms with Crippen LogP contribution in [0.5, 0.6) is 0 Å². The summed E-state index contributed by atoms with van der Waals surface area (Å²) in [7, 11) is -3.73. The number of sulfone groups is 1. The first kappa shape index (κ1) is 17.2. The molecule has 0 aromatic heterocycles. The second-order valence-corrected chi connectivity index (χ2v) is 7.57. The normalized spacial score (nSPS) is 12.6. The second kappa shape index (κ2) is 7.38. The molecule has 0 heterocycles. The van der Waals surface area contributed by atoms with Crippen molar-refractivity contribution in [3.8, 4) is 0 Å². The minimum atomic E-state index is -3.73. The summed E-state index contributed by atoms with van der Waals surface area (Å²) in [6.45, 7) is 5.51. The molecule has 0 bridgehead atoms. The van der Waals surface area contributed by atoms with E-state index in [0.29, 0.717) is 12.0 Å². The fraction of sp³-hybridized carbons (Fsp3) is 0.211. The van der Waals surface area contributed by atoms with Crippen molar-refractivity contribution in [3.63, 3.8) is 0 Å². The minimum absolute atomic E-state index is 0.182. The number of carbonyl (C=O) groups is 1. The molecule has 0 aliphatic heterocycles. The zero-order valence-electron chi connectivity index (χ0n) is 13.1. The van der Waals surface area contributed by atoms with Gasteiger partial charge in [0, 0.05) is 5.56 Å². The Morgan fingerprint density at radius 2 is 1.70 bits per heavy atom. The lowest BCUT2D eigenvalue weighted by atomic mass is 10.1. The smallest absolute Gasteiger partial charge is 0.188 e. The number of hydrogen-bond donors (Lipinski definition) is 0. The zero-order valence-corrected chi connectivity index (χ0v) is 13.9. The van der Waals surface area contributed by atoms with E-state index in [0.717, 1.165) is 5.56 Å². The van der Waals surface area contributed by atoms with Gasteiger partial charge in [0.1, 0.15) is 5.25 Å². The fourth-order valence-electron chi connectivity index (χ4n) is 2.38. The fourth-order valence-corrected chi connectivity index (χ4v) is 4.09. The summed E-state index contributed by atoms with van der Waals surface area (Å²) in [5.74, 6) is -0.368. The van der Waals surface area contributed by atoms with Gasteiger partial charge in [-0.15, -0.1) is 6.58 Å². The van der Waals surface area contributed by atoms with Crippen LogP contribution in [0.4, 0.5) is 0 Å². The molecule has 4 heteroatoms. The van der Waals surface area contributed by atoms with Crippen LogP contribution in [-0.4, -0.2) is 19.5 Å². The van der Waals surface area contributed by atoms with Crippen molar-refractivity contribution in [2.24, 2.45) is 0 Å². The van der Waals surface area contributed by atoms with Gasteiger partial charge >= 0.3 is 0 Å². The Balaban J connectivity index is 2.43. The maximum atomic E-state index is 12.9. The summed E-state index contributed by atoms with van der Waals surface area (Å²) >= 11 is 0. The third-order valence-electron chi connectivity index (χ3n) is 3.71. The third-order valence-corrected chi connectivity index (χ3v) is 5.84. The van der Waals surface area contributed by atoms with Crippen LogP contribution in [0.15, 0.2) is 72.1 Å². The van der Waals surface area contributed by atoms with E-state index >= 15 is 0 Å². The van der Waals surface area contributed by atoms with E-state index in [-0.39, 0.29) is 17.1 Å². The molecule has 0 saturated heterocycles. The number of Topliss-reactive ketones (excluding diaryl/α,β-unsaturated/α-hetero) is 1. The average Bonchev–Trinajstić information content (AvgIpc) is 2.56. The number of hydrogen-bond acceptors (Lipinski definition) is 3. The summed E-state index contributed by atoms with van der Waals surface area (Å²) in [6, 6.07) is 15.2. The van der Waals surface area contributed by atoms with Crippen molar-refractivity contribution >= 4 is 15.6 Å². The first-order valence-corrected chi connectivity index (χ1v) is 9.02. The Morgan fingerprint density at radius 3 is 2.26 bits per heavy atom. The molecule has 2 rings (SSSR count). The van der Waals surface area contributed by atoms with Crippen LogP contribution < -0.4 is 0 Å². The lowest BCUT2D eigenvalue weighted by molar-refractivity contribution is 0.0984. The summed E-state index contributed by atoms with van der Waals surface area (Å²) in [6.07, 6.45) is 2.33. The quantitative estimate of drug-likeness (QED) is 0.570. The predicted molar refractivity (Wildman–Crippen MR) is 92.4 cm³/mol. The first-order valence-electron chi connectivity index (χ1n) is 7.47. The van der Waals surface area contributed by atoms with Crippen molar-refractivity contribution < 1.29 is 13.2 Å². The third kappa shape index (κ3) is 3.96. The highest BCUT2D eigenvalue weighted by molar-refractivity contribution is 7.92. The molecule has 23 heavy (non-hydrogen) atoms. The van der Waals surface area contributed by atoms with Crippen LogP contribution in [0.25, 0.3) is 0 Å². The largest absolute Gasteiger partial charge is 0.293 e. The Labute approximate surface area is 137 Å². The molecule has 3 nitrogen and oxygen atoms in total. The van der Waals surface area contributed by atoms with E-state index in [1.54, 1.807) is 60.7 Å². The standard InChI is InChI=1S/C19H20O3S/c1-3-4-10-18(19(20)16-8-6-5-7-9-16)23(21,22)17-13-11-15(2)12-14-17/h3,5-9,11-14,18H,1,4,10H2,2H3. The molecule has 0 saturated carbocycles. The average molecular weight is 328 g/mol. The van der Waals surface area contributed by atoms with Gasteiger partial charge in [-0.2, -0.15) is 0 Å². The number of benzene rings is 2. The molecule has 0 radical (unpaired) electrons. The SMILES string of the molecule is C=CCCC(C(=O)c1ccccc1)S(=O)(=O)c1ccc(C)cc1. The molecule has 0 N–H and O–H groups in total. The number of allylic oxidation sites excluding steroid dienone is 1. The van der Waals surface area contributed by atoms with Crippen molar-refractivity contribution in [1.82, 2.24) is 0 Å². The van der Waals surface area contributed by atoms with Crippen molar-refractivity contribution in [2.45, 2.75) is 29.9 Å². The van der Waals surface area contributed by atoms with Gasteiger partial charge in [0.2, 0.25) is 0 Å². The number of ketones is 1. The van der Waals surface area contributed by atoms with Crippen LogP contribution >= 0.6 is 0 Å². The molecule has 120 valence electrons. The second-order valence-electron chi connectivity index (χ2n) is 5.44. The van der Waals surface area contributed by atoms with E-state index in [4.69, 9.17) is 0 Å². The highest BCUT2D eigenvalue weighted by atomic mass is 32.2. The molecule has 0 amide bonds. The molecule has 0 spiro atoms. The predicted octanol–water partition coefficient (Wildman–Crippen LogP) is 3.99. The van der Waals surface area contributed by atoms with Crippen molar-refractivity contribution in [2.75, 3.05) is 0 Å². The van der Waals surface area contributed by atoms with Gasteiger partial charge in [0.15, 0.2) is 15.6 Å². The molecule has 1 unspecified atom stereocenters. The summed E-state index contributed by atoms with van der Waals surface area (Å²) < 4.78 is 25.8. The van der Waals surface area contributed by atoms with Gasteiger partial charge in [-0.25, -0.2) is 8.42 Å². The number of carbonyl (C=O) groups excluding carboxylic acids is 1. The van der Waals surface area contributed by atoms with Gasteiger partial charge in [-0.05, 0) is 31.9 Å². The highest BCUT2D eigenvalue weighted by Crippen LogP contribution is 2.23. The topological polar surface area (TPSA) is 51.2 Å². The lowest BCUT2D eigenvalue weighted by Crippen LogP contribution is -2.30. The van der Waals surface area contributed by atoms with Gasteiger partial charge in [0.25, 0.3) is 0 Å². The van der Waals surface area contributed by atoms with Crippen LogP contribution in [0, 0.1) is 6.92 Å². The lowest BCUT2D eigenvalue weighted by Gasteiger charge is -2.16. The minimum Gasteiger partial charge on any atom is -0.293 e. The summed E-state index contributed by atoms with van der Waals surface area (Å²) in [4.78, 5) is 12.9. The van der Waals surface area contributed by atoms with Gasteiger partial charge < -0.3 is 0 Å². The highest BCUT2D eigenvalue weighted by Gasteiger charge is 2.33. The van der Waals surface area contributed by atoms with Crippen molar-refractivity contribution in [1.29, 1.82) is 0 Å². The van der Waals surface area contributed by atoms with Gasteiger partial charge in [-0.1, -0.05) is 54.1 Å². The van der Waals surface area contributed by atoms with E-state index in [9.17, 15) is 13.2 Å². The first-order chi connectivity index (χ1) is 11.0. The zero-order chi connectivity index (χ0) is 16.9. The summed E-state index contributed by atoms with van der Waals surface area (Å²) in [5.41, 5.74) is 1.39. The van der Waals surface area contributed by atoms with E-state index in [1.807, 2.05) is 6.92 Å². The Hall–Kier alpha value is -2.20. The van der Waals surface area contributed by atoms with E-state index < -0.39 is 15.1 Å². The molecular formula is C19H20O3S. The van der Waals surface area contributed by atoms with Crippen LogP contribution in [0.2, 0.25) is 0 Å². The Bertz CT molecular complexity index is 775. The molecule has 1 atom stereocenters. The molecule has 0 aliphatic carbocycles. The summed E-state index contributed by atoms with van der Waals surface area (Å²) in [5, 5.41) is -1.09. The number of rotatable bonds is 7. The van der Waals surface area contributed by atoms with Crippen LogP contribution in [-0.2, 0) is 9.84 Å². The molecule has 0 aliphatic rings. The van der Waals surface area contributed by atoms with E-state index in [2.05, 4.69) is 6.58 Å².